The number of nitrogens with zero attached hydrogens (tertiary/aromatic N) is 3. The second kappa shape index (κ2) is 9.75. The average molecular weight is 369 g/mol. The van der Waals surface area contributed by atoms with E-state index in [4.69, 9.17) is 5.26 Å². The SMILES string of the molecule is Cc1ccc(N2CCN(CCC3CCC(NC(=O)CC#N)CC3)CC2)cc1. The Balaban J connectivity index is 1.32. The molecule has 1 saturated carbocycles. The molecule has 0 unspecified atom stereocenters. The number of piperazine rings is 1. The smallest absolute Gasteiger partial charge is 0.234 e. The predicted molar refractivity (Wildman–Crippen MR) is 109 cm³/mol. The zero-order valence-electron chi connectivity index (χ0n) is 16.5. The second-order valence-corrected chi connectivity index (χ2v) is 8.07. The normalized spacial score (nSPS) is 23.6. The van der Waals surface area contributed by atoms with Crippen molar-refractivity contribution in [3.8, 4) is 6.07 Å². The number of benzene rings is 1. The lowest BCUT2D eigenvalue weighted by molar-refractivity contribution is -0.121. The molecular formula is C22H32N4O. The Morgan fingerprint density at radius 1 is 1.11 bits per heavy atom. The Labute approximate surface area is 163 Å². The molecule has 2 aliphatic rings. The first-order chi connectivity index (χ1) is 13.1. The maximum Gasteiger partial charge on any atom is 0.234 e. The molecule has 146 valence electrons. The second-order valence-electron chi connectivity index (χ2n) is 8.07. The van der Waals surface area contributed by atoms with Crippen molar-refractivity contribution >= 4 is 11.6 Å². The summed E-state index contributed by atoms with van der Waals surface area (Å²) in [5, 5.41) is 11.6. The van der Waals surface area contributed by atoms with Crippen molar-refractivity contribution in [1.29, 1.82) is 5.26 Å². The van der Waals surface area contributed by atoms with E-state index in [9.17, 15) is 4.79 Å². The molecule has 1 aliphatic carbocycles. The lowest BCUT2D eigenvalue weighted by Gasteiger charge is -2.37. The molecule has 1 aliphatic heterocycles. The highest BCUT2D eigenvalue weighted by molar-refractivity contribution is 5.78. The number of anilines is 1. The molecule has 0 spiro atoms. The highest BCUT2D eigenvalue weighted by atomic mass is 16.1. The van der Waals surface area contributed by atoms with Gasteiger partial charge < -0.3 is 10.2 Å². The fourth-order valence-electron chi connectivity index (χ4n) is 4.30. The van der Waals surface area contributed by atoms with Crippen LogP contribution in [0.3, 0.4) is 0 Å². The summed E-state index contributed by atoms with van der Waals surface area (Å²) in [6.45, 7) is 7.84. The highest BCUT2D eigenvalue weighted by Gasteiger charge is 2.23. The molecule has 0 radical (unpaired) electrons. The number of carbonyl (C=O) groups excluding carboxylic acids is 1. The van der Waals surface area contributed by atoms with Gasteiger partial charge in [-0.05, 0) is 63.6 Å². The fraction of sp³-hybridized carbons (Fsp3) is 0.636. The van der Waals surface area contributed by atoms with Crippen LogP contribution in [0.1, 0.15) is 44.1 Å². The largest absolute Gasteiger partial charge is 0.369 e. The Morgan fingerprint density at radius 3 is 2.41 bits per heavy atom. The molecule has 5 heteroatoms. The van der Waals surface area contributed by atoms with Crippen LogP contribution >= 0.6 is 0 Å². The summed E-state index contributed by atoms with van der Waals surface area (Å²) in [4.78, 5) is 16.6. The summed E-state index contributed by atoms with van der Waals surface area (Å²) in [7, 11) is 0. The summed E-state index contributed by atoms with van der Waals surface area (Å²) < 4.78 is 0. The average Bonchev–Trinajstić information content (AvgIpc) is 2.69. The molecule has 0 aromatic heterocycles. The van der Waals surface area contributed by atoms with Crippen LogP contribution in [0.15, 0.2) is 24.3 Å². The van der Waals surface area contributed by atoms with Crippen LogP contribution in [0.25, 0.3) is 0 Å². The van der Waals surface area contributed by atoms with Crippen LogP contribution < -0.4 is 10.2 Å². The van der Waals surface area contributed by atoms with Gasteiger partial charge in [-0.2, -0.15) is 5.26 Å². The zero-order valence-corrected chi connectivity index (χ0v) is 16.5. The molecular weight excluding hydrogens is 336 g/mol. The molecule has 1 N–H and O–H groups in total. The van der Waals surface area contributed by atoms with Gasteiger partial charge in [0.2, 0.25) is 5.91 Å². The number of aryl methyl sites for hydroxylation is 1. The van der Waals surface area contributed by atoms with Crippen LogP contribution in [-0.4, -0.2) is 49.6 Å². The van der Waals surface area contributed by atoms with E-state index in [1.54, 1.807) is 0 Å². The summed E-state index contributed by atoms with van der Waals surface area (Å²) in [6, 6.07) is 11.1. The molecule has 1 saturated heterocycles. The van der Waals surface area contributed by atoms with Gasteiger partial charge in [-0.3, -0.25) is 9.69 Å². The van der Waals surface area contributed by atoms with Gasteiger partial charge in [0.1, 0.15) is 6.42 Å². The summed E-state index contributed by atoms with van der Waals surface area (Å²) in [5.41, 5.74) is 2.66. The Bertz CT molecular complexity index is 635. The summed E-state index contributed by atoms with van der Waals surface area (Å²) in [6.07, 6.45) is 5.76. The molecule has 1 heterocycles. The maximum absolute atomic E-state index is 11.5. The van der Waals surface area contributed by atoms with Gasteiger partial charge in [0.25, 0.3) is 0 Å². The van der Waals surface area contributed by atoms with E-state index >= 15 is 0 Å². The molecule has 0 atom stereocenters. The first-order valence-electron chi connectivity index (χ1n) is 10.3. The van der Waals surface area contributed by atoms with Gasteiger partial charge >= 0.3 is 0 Å². The van der Waals surface area contributed by atoms with Crippen LogP contribution in [0.2, 0.25) is 0 Å². The minimum atomic E-state index is -0.118. The van der Waals surface area contributed by atoms with Crippen molar-refractivity contribution in [2.45, 2.75) is 51.5 Å². The molecule has 1 amide bonds. The first kappa shape index (κ1) is 19.7. The number of amides is 1. The van der Waals surface area contributed by atoms with E-state index in [1.807, 2.05) is 6.07 Å². The van der Waals surface area contributed by atoms with Crippen molar-refractivity contribution in [2.24, 2.45) is 5.92 Å². The Hall–Kier alpha value is -2.06. The number of carbonyl (C=O) groups is 1. The lowest BCUT2D eigenvalue weighted by atomic mass is 9.84. The van der Waals surface area contributed by atoms with Gasteiger partial charge in [0, 0.05) is 37.9 Å². The first-order valence-corrected chi connectivity index (χ1v) is 10.3. The Morgan fingerprint density at radius 2 is 1.78 bits per heavy atom. The molecule has 27 heavy (non-hydrogen) atoms. The third kappa shape index (κ3) is 5.97. The quantitative estimate of drug-likeness (QED) is 0.838. The van der Waals surface area contributed by atoms with Gasteiger partial charge in [-0.25, -0.2) is 0 Å². The molecule has 0 bridgehead atoms. The summed E-state index contributed by atoms with van der Waals surface area (Å²) in [5.74, 6) is 0.664. The van der Waals surface area contributed by atoms with Gasteiger partial charge in [0.05, 0.1) is 6.07 Å². The van der Waals surface area contributed by atoms with Crippen molar-refractivity contribution in [2.75, 3.05) is 37.6 Å². The molecule has 2 fully saturated rings. The van der Waals surface area contributed by atoms with Gasteiger partial charge in [-0.1, -0.05) is 17.7 Å². The number of hydrogen-bond acceptors (Lipinski definition) is 4. The van der Waals surface area contributed by atoms with E-state index in [-0.39, 0.29) is 18.4 Å². The van der Waals surface area contributed by atoms with Crippen LogP contribution in [0.4, 0.5) is 5.69 Å². The number of nitriles is 1. The third-order valence-corrected chi connectivity index (χ3v) is 6.08. The minimum absolute atomic E-state index is 0.0194. The fourth-order valence-corrected chi connectivity index (χ4v) is 4.30. The number of nitrogens with one attached hydrogen (secondary N) is 1. The van der Waals surface area contributed by atoms with Crippen molar-refractivity contribution in [1.82, 2.24) is 10.2 Å². The number of rotatable bonds is 6. The summed E-state index contributed by atoms with van der Waals surface area (Å²) >= 11 is 0. The predicted octanol–water partition coefficient (Wildman–Crippen LogP) is 3.10. The molecule has 3 rings (SSSR count). The van der Waals surface area contributed by atoms with Crippen LogP contribution in [0.5, 0.6) is 0 Å². The topological polar surface area (TPSA) is 59.4 Å². The van der Waals surface area contributed by atoms with Crippen LogP contribution in [-0.2, 0) is 4.79 Å². The molecule has 5 nitrogen and oxygen atoms in total. The van der Waals surface area contributed by atoms with Crippen molar-refractivity contribution < 1.29 is 4.79 Å². The third-order valence-electron chi connectivity index (χ3n) is 6.08. The van der Waals surface area contributed by atoms with E-state index in [2.05, 4.69) is 46.3 Å². The van der Waals surface area contributed by atoms with Gasteiger partial charge in [-0.15, -0.1) is 0 Å². The lowest BCUT2D eigenvalue weighted by Crippen LogP contribution is -2.47. The van der Waals surface area contributed by atoms with E-state index in [1.165, 1.54) is 37.1 Å². The Kier molecular flexibility index (Phi) is 7.11. The standard InChI is InChI=1S/C22H32N4O/c1-18-2-8-21(9-3-18)26-16-14-25(15-17-26)13-11-19-4-6-20(7-5-19)24-22(27)10-12-23/h2-3,8-9,19-20H,4-7,10-11,13-17H2,1H3,(H,24,27). The minimum Gasteiger partial charge on any atom is -0.369 e. The number of hydrogen-bond donors (Lipinski definition) is 1. The van der Waals surface area contributed by atoms with Crippen LogP contribution in [0, 0.1) is 24.2 Å². The van der Waals surface area contributed by atoms with E-state index in [0.717, 1.165) is 44.9 Å². The van der Waals surface area contributed by atoms with Crippen molar-refractivity contribution in [3.05, 3.63) is 29.8 Å². The monoisotopic (exact) mass is 368 g/mol. The van der Waals surface area contributed by atoms with Crippen molar-refractivity contribution in [3.63, 3.8) is 0 Å². The maximum atomic E-state index is 11.5. The van der Waals surface area contributed by atoms with Gasteiger partial charge in [0.15, 0.2) is 0 Å². The highest BCUT2D eigenvalue weighted by Crippen LogP contribution is 2.27. The van der Waals surface area contributed by atoms with E-state index < -0.39 is 0 Å². The van der Waals surface area contributed by atoms with E-state index in [0.29, 0.717) is 0 Å². The zero-order chi connectivity index (χ0) is 19.1. The molecule has 1 aromatic rings. The molecule has 1 aromatic carbocycles.